The maximum Gasteiger partial charge on any atom is 0.227 e. The minimum absolute atomic E-state index is 0.106. The van der Waals surface area contributed by atoms with E-state index in [1.807, 2.05) is 39.8 Å². The molecule has 0 saturated heterocycles. The number of aliphatic imine (C=N–C) groups is 1. The Kier molecular flexibility index (Phi) is 7.13. The van der Waals surface area contributed by atoms with Crippen molar-refractivity contribution in [1.82, 2.24) is 20.6 Å². The van der Waals surface area contributed by atoms with Crippen LogP contribution in [0.2, 0.25) is 0 Å². The molecule has 0 spiro atoms. The van der Waals surface area contributed by atoms with Crippen LogP contribution in [0, 0.1) is 20.8 Å². The van der Waals surface area contributed by atoms with E-state index in [2.05, 4.69) is 30.9 Å². The Morgan fingerprint density at radius 1 is 1.19 bits per heavy atom. The molecule has 0 bridgehead atoms. The van der Waals surface area contributed by atoms with Crippen LogP contribution in [0.25, 0.3) is 0 Å². The molecule has 2 aromatic heterocycles. The van der Waals surface area contributed by atoms with E-state index in [9.17, 15) is 4.79 Å². The van der Waals surface area contributed by atoms with Crippen LogP contribution < -0.4 is 16.0 Å². The van der Waals surface area contributed by atoms with Crippen LogP contribution in [-0.4, -0.2) is 34.9 Å². The average molecular weight is 358 g/mol. The first-order chi connectivity index (χ1) is 12.5. The van der Waals surface area contributed by atoms with Crippen molar-refractivity contribution in [1.29, 1.82) is 0 Å². The minimum Gasteiger partial charge on any atom is -0.444 e. The topological polar surface area (TPSA) is 104 Å². The summed E-state index contributed by atoms with van der Waals surface area (Å²) in [6.07, 6.45) is 0.303. The molecule has 1 amide bonds. The zero-order valence-corrected chi connectivity index (χ0v) is 15.7. The summed E-state index contributed by atoms with van der Waals surface area (Å²) < 4.78 is 5.52. The van der Waals surface area contributed by atoms with Crippen molar-refractivity contribution in [2.45, 2.75) is 40.7 Å². The van der Waals surface area contributed by atoms with Crippen LogP contribution in [0.3, 0.4) is 0 Å². The van der Waals surface area contributed by atoms with Gasteiger partial charge in [0.05, 0.1) is 5.69 Å². The van der Waals surface area contributed by atoms with Crippen LogP contribution in [0.4, 0.5) is 5.82 Å². The van der Waals surface area contributed by atoms with Crippen LogP contribution in [0.15, 0.2) is 27.6 Å². The van der Waals surface area contributed by atoms with Crippen molar-refractivity contribution in [3.63, 3.8) is 0 Å². The van der Waals surface area contributed by atoms with Gasteiger partial charge in [-0.15, -0.1) is 0 Å². The molecule has 8 nitrogen and oxygen atoms in total. The van der Waals surface area contributed by atoms with E-state index < -0.39 is 0 Å². The molecule has 2 heterocycles. The van der Waals surface area contributed by atoms with Gasteiger partial charge in [0.1, 0.15) is 18.1 Å². The standard InChI is InChI=1S/C18H26N6O2/c1-5-19-18(21-11-17-23-13(3)14(4)26-17)20-10-9-16(25)24-15-8-6-7-12(2)22-15/h6-8H,5,9-11H2,1-4H3,(H2,19,20,21)(H,22,24,25). The highest BCUT2D eigenvalue weighted by Crippen LogP contribution is 2.09. The van der Waals surface area contributed by atoms with Gasteiger partial charge in [-0.25, -0.2) is 15.0 Å². The predicted molar refractivity (Wildman–Crippen MR) is 101 cm³/mol. The molecule has 140 valence electrons. The second kappa shape index (κ2) is 9.55. The summed E-state index contributed by atoms with van der Waals surface area (Å²) >= 11 is 0. The summed E-state index contributed by atoms with van der Waals surface area (Å²) in [5, 5.41) is 9.04. The lowest BCUT2D eigenvalue weighted by Gasteiger charge is -2.11. The molecule has 0 aliphatic heterocycles. The molecule has 0 saturated carbocycles. The number of nitrogens with one attached hydrogen (secondary N) is 3. The first-order valence-corrected chi connectivity index (χ1v) is 8.66. The fourth-order valence-corrected chi connectivity index (χ4v) is 2.21. The number of anilines is 1. The third-order valence-electron chi connectivity index (χ3n) is 3.59. The largest absolute Gasteiger partial charge is 0.444 e. The van der Waals surface area contributed by atoms with Crippen molar-refractivity contribution >= 4 is 17.7 Å². The molecule has 8 heteroatoms. The van der Waals surface area contributed by atoms with Gasteiger partial charge in [0.2, 0.25) is 11.8 Å². The number of hydrogen-bond donors (Lipinski definition) is 3. The minimum atomic E-state index is -0.106. The molecule has 0 radical (unpaired) electrons. The molecule has 26 heavy (non-hydrogen) atoms. The lowest BCUT2D eigenvalue weighted by Crippen LogP contribution is -2.38. The fourth-order valence-electron chi connectivity index (χ4n) is 2.21. The number of amides is 1. The van der Waals surface area contributed by atoms with Gasteiger partial charge in [-0.1, -0.05) is 6.07 Å². The first-order valence-electron chi connectivity index (χ1n) is 8.66. The number of aryl methyl sites for hydroxylation is 3. The van der Waals surface area contributed by atoms with Gasteiger partial charge in [0.15, 0.2) is 5.96 Å². The molecule has 0 aliphatic carbocycles. The Balaban J connectivity index is 1.81. The quantitative estimate of drug-likeness (QED) is 0.517. The molecule has 0 unspecified atom stereocenters. The number of pyridine rings is 1. The number of nitrogens with zero attached hydrogens (tertiary/aromatic N) is 3. The van der Waals surface area contributed by atoms with E-state index in [1.54, 1.807) is 6.07 Å². The Morgan fingerprint density at radius 2 is 2.00 bits per heavy atom. The number of carbonyl (C=O) groups excluding carboxylic acids is 1. The second-order valence-corrected chi connectivity index (χ2v) is 5.83. The highest BCUT2D eigenvalue weighted by molar-refractivity contribution is 5.90. The summed E-state index contributed by atoms with van der Waals surface area (Å²) in [4.78, 5) is 25.0. The van der Waals surface area contributed by atoms with Crippen molar-refractivity contribution in [2.24, 2.45) is 4.99 Å². The second-order valence-electron chi connectivity index (χ2n) is 5.83. The highest BCUT2D eigenvalue weighted by atomic mass is 16.4. The number of hydrogen-bond acceptors (Lipinski definition) is 5. The summed E-state index contributed by atoms with van der Waals surface area (Å²) in [6.45, 7) is 9.14. The van der Waals surface area contributed by atoms with Gasteiger partial charge in [-0.3, -0.25) is 4.79 Å². The summed E-state index contributed by atoms with van der Waals surface area (Å²) in [7, 11) is 0. The van der Waals surface area contributed by atoms with Crippen LogP contribution in [0.5, 0.6) is 0 Å². The van der Waals surface area contributed by atoms with Crippen LogP contribution in [0.1, 0.15) is 36.4 Å². The maximum atomic E-state index is 12.0. The zero-order chi connectivity index (χ0) is 18.9. The van der Waals surface area contributed by atoms with E-state index in [4.69, 9.17) is 4.42 Å². The fraction of sp³-hybridized carbons (Fsp3) is 0.444. The van der Waals surface area contributed by atoms with Crippen molar-refractivity contribution < 1.29 is 9.21 Å². The Labute approximate surface area is 153 Å². The Morgan fingerprint density at radius 3 is 2.65 bits per heavy atom. The number of aromatic nitrogens is 2. The third-order valence-corrected chi connectivity index (χ3v) is 3.59. The van der Waals surface area contributed by atoms with Gasteiger partial charge in [-0.2, -0.15) is 0 Å². The summed E-state index contributed by atoms with van der Waals surface area (Å²) in [5.74, 6) is 2.44. The number of rotatable bonds is 7. The molecule has 0 atom stereocenters. The number of carbonyl (C=O) groups is 1. The monoisotopic (exact) mass is 358 g/mol. The van der Waals surface area contributed by atoms with E-state index in [1.165, 1.54) is 0 Å². The van der Waals surface area contributed by atoms with E-state index >= 15 is 0 Å². The molecular weight excluding hydrogens is 332 g/mol. The van der Waals surface area contributed by atoms with Gasteiger partial charge < -0.3 is 20.4 Å². The molecule has 2 rings (SSSR count). The van der Waals surface area contributed by atoms with Gasteiger partial charge >= 0.3 is 0 Å². The van der Waals surface area contributed by atoms with Crippen molar-refractivity contribution in [2.75, 3.05) is 18.4 Å². The third kappa shape index (κ3) is 6.19. The van der Waals surface area contributed by atoms with Crippen LogP contribution >= 0.6 is 0 Å². The lowest BCUT2D eigenvalue weighted by atomic mass is 10.3. The van der Waals surface area contributed by atoms with E-state index in [0.717, 1.165) is 23.7 Å². The SMILES string of the molecule is CCNC(=NCc1nc(C)c(C)o1)NCCC(=O)Nc1cccc(C)n1. The summed E-state index contributed by atoms with van der Waals surface area (Å²) in [6, 6.07) is 5.51. The summed E-state index contributed by atoms with van der Waals surface area (Å²) in [5.41, 5.74) is 1.73. The van der Waals surface area contributed by atoms with Crippen molar-refractivity contribution in [3.05, 3.63) is 41.2 Å². The highest BCUT2D eigenvalue weighted by Gasteiger charge is 2.07. The average Bonchev–Trinajstić information content (AvgIpc) is 2.91. The number of oxazole rings is 1. The predicted octanol–water partition coefficient (Wildman–Crippen LogP) is 2.08. The Hall–Kier alpha value is -2.90. The first kappa shape index (κ1) is 19.4. The molecule has 3 N–H and O–H groups in total. The molecule has 0 aliphatic rings. The molecular formula is C18H26N6O2. The molecule has 2 aromatic rings. The Bertz CT molecular complexity index is 749. The van der Waals surface area contributed by atoms with Crippen LogP contribution in [-0.2, 0) is 11.3 Å². The smallest absolute Gasteiger partial charge is 0.227 e. The molecule has 0 fully saturated rings. The molecule has 0 aromatic carbocycles. The normalized spacial score (nSPS) is 11.3. The van der Waals surface area contributed by atoms with Gasteiger partial charge in [-0.05, 0) is 39.8 Å². The van der Waals surface area contributed by atoms with E-state index in [-0.39, 0.29) is 5.91 Å². The van der Waals surface area contributed by atoms with Crippen molar-refractivity contribution in [3.8, 4) is 0 Å². The lowest BCUT2D eigenvalue weighted by molar-refractivity contribution is -0.116. The van der Waals surface area contributed by atoms with E-state index in [0.29, 0.717) is 37.2 Å². The van der Waals surface area contributed by atoms with Gasteiger partial charge in [0, 0.05) is 25.2 Å². The maximum absolute atomic E-state index is 12.0. The van der Waals surface area contributed by atoms with Gasteiger partial charge in [0.25, 0.3) is 0 Å². The zero-order valence-electron chi connectivity index (χ0n) is 15.7. The number of guanidine groups is 1.